The van der Waals surface area contributed by atoms with Gasteiger partial charge in [-0.05, 0) is 44.2 Å². The quantitative estimate of drug-likeness (QED) is 0.794. The number of carboxylic acids is 1. The third-order valence-electron chi connectivity index (χ3n) is 6.12. The summed E-state index contributed by atoms with van der Waals surface area (Å²) in [4.78, 5) is 14.1. The van der Waals surface area contributed by atoms with Crippen LogP contribution in [0.5, 0.6) is 0 Å². The minimum atomic E-state index is -0.570. The first-order valence-electron chi connectivity index (χ1n) is 8.59. The van der Waals surface area contributed by atoms with Crippen LogP contribution < -0.4 is 0 Å². The molecule has 2 unspecified atom stereocenters. The van der Waals surface area contributed by atoms with E-state index in [1.807, 2.05) is 0 Å². The minimum absolute atomic E-state index is 0.131. The van der Waals surface area contributed by atoms with Gasteiger partial charge in [0.25, 0.3) is 0 Å². The molecule has 2 aliphatic rings. The average molecular weight is 281 g/mol. The van der Waals surface area contributed by atoms with Gasteiger partial charge in [0.15, 0.2) is 0 Å². The summed E-state index contributed by atoms with van der Waals surface area (Å²) in [5.41, 5.74) is 0.528. The first kappa shape index (κ1) is 15.8. The van der Waals surface area contributed by atoms with Gasteiger partial charge in [-0.2, -0.15) is 0 Å². The van der Waals surface area contributed by atoms with Gasteiger partial charge in [0.2, 0.25) is 0 Å². The number of nitrogens with zero attached hydrogens (tertiary/aromatic N) is 1. The molecule has 0 aromatic rings. The highest BCUT2D eigenvalue weighted by Gasteiger charge is 2.38. The molecule has 2 fully saturated rings. The Bertz CT molecular complexity index is 315. The Kier molecular flexibility index (Phi) is 5.48. The number of rotatable bonds is 4. The van der Waals surface area contributed by atoms with E-state index in [0.29, 0.717) is 11.5 Å². The maximum absolute atomic E-state index is 11.6. The molecule has 0 bridgehead atoms. The van der Waals surface area contributed by atoms with E-state index < -0.39 is 5.97 Å². The van der Waals surface area contributed by atoms with Crippen LogP contribution in [0.15, 0.2) is 0 Å². The molecule has 116 valence electrons. The van der Waals surface area contributed by atoms with Gasteiger partial charge < -0.3 is 5.11 Å². The maximum Gasteiger partial charge on any atom is 0.308 e. The van der Waals surface area contributed by atoms with E-state index in [1.165, 1.54) is 38.5 Å². The van der Waals surface area contributed by atoms with E-state index in [2.05, 4.69) is 18.7 Å². The van der Waals surface area contributed by atoms with Crippen molar-refractivity contribution in [3.05, 3.63) is 0 Å². The molecule has 2 rings (SSSR count). The van der Waals surface area contributed by atoms with Crippen molar-refractivity contribution in [1.29, 1.82) is 0 Å². The van der Waals surface area contributed by atoms with Gasteiger partial charge >= 0.3 is 5.97 Å². The summed E-state index contributed by atoms with van der Waals surface area (Å²) in [5, 5.41) is 9.53. The molecule has 3 heteroatoms. The Morgan fingerprint density at radius 3 is 2.25 bits per heavy atom. The third-order valence-corrected chi connectivity index (χ3v) is 6.12. The molecule has 1 N–H and O–H groups in total. The molecule has 0 spiro atoms. The van der Waals surface area contributed by atoms with E-state index in [1.54, 1.807) is 0 Å². The molecule has 20 heavy (non-hydrogen) atoms. The summed E-state index contributed by atoms with van der Waals surface area (Å²) in [6, 6.07) is 0.293. The summed E-state index contributed by atoms with van der Waals surface area (Å²) >= 11 is 0. The number of carboxylic acid groups (broad SMARTS) is 1. The number of carbonyl (C=O) groups is 1. The Morgan fingerprint density at radius 2 is 1.70 bits per heavy atom. The number of piperidine rings is 1. The number of hydrogen-bond donors (Lipinski definition) is 1. The highest BCUT2D eigenvalue weighted by atomic mass is 16.4. The van der Waals surface area contributed by atoms with Crippen LogP contribution in [-0.2, 0) is 4.79 Å². The highest BCUT2D eigenvalue weighted by Crippen LogP contribution is 2.40. The zero-order chi connectivity index (χ0) is 14.6. The molecule has 1 aliphatic heterocycles. The second-order valence-corrected chi connectivity index (χ2v) is 6.89. The van der Waals surface area contributed by atoms with Crippen molar-refractivity contribution in [2.75, 3.05) is 13.1 Å². The maximum atomic E-state index is 11.6. The van der Waals surface area contributed by atoms with Crippen LogP contribution in [0.25, 0.3) is 0 Å². The monoisotopic (exact) mass is 281 g/mol. The van der Waals surface area contributed by atoms with Gasteiger partial charge in [-0.1, -0.05) is 46.0 Å². The molecule has 0 aromatic carbocycles. The van der Waals surface area contributed by atoms with Crippen LogP contribution in [0.1, 0.15) is 71.6 Å². The fourth-order valence-corrected chi connectivity index (χ4v) is 4.30. The molecule has 1 saturated carbocycles. The lowest BCUT2D eigenvalue weighted by molar-refractivity contribution is -0.145. The fourth-order valence-electron chi connectivity index (χ4n) is 4.30. The largest absolute Gasteiger partial charge is 0.481 e. The SMILES string of the molecule is CCC1(CC)CCN(C2CCCCCC2C(=O)O)CC1. The number of aliphatic carboxylic acids is 1. The van der Waals surface area contributed by atoms with Gasteiger partial charge in [-0.25, -0.2) is 0 Å². The van der Waals surface area contributed by atoms with Crippen molar-refractivity contribution < 1.29 is 9.90 Å². The highest BCUT2D eigenvalue weighted by molar-refractivity contribution is 5.70. The van der Waals surface area contributed by atoms with Crippen molar-refractivity contribution in [1.82, 2.24) is 4.90 Å². The van der Waals surface area contributed by atoms with Crippen molar-refractivity contribution >= 4 is 5.97 Å². The third kappa shape index (κ3) is 3.36. The lowest BCUT2D eigenvalue weighted by atomic mass is 9.73. The van der Waals surface area contributed by atoms with Crippen LogP contribution in [0.4, 0.5) is 0 Å². The van der Waals surface area contributed by atoms with E-state index in [-0.39, 0.29) is 5.92 Å². The van der Waals surface area contributed by atoms with Crippen LogP contribution >= 0.6 is 0 Å². The molecule has 2 atom stereocenters. The van der Waals surface area contributed by atoms with E-state index in [4.69, 9.17) is 0 Å². The summed E-state index contributed by atoms with van der Waals surface area (Å²) < 4.78 is 0. The minimum Gasteiger partial charge on any atom is -0.481 e. The molecule has 3 nitrogen and oxygen atoms in total. The zero-order valence-corrected chi connectivity index (χ0v) is 13.2. The predicted octanol–water partition coefficient (Wildman–Crippen LogP) is 3.92. The Morgan fingerprint density at radius 1 is 1.10 bits per heavy atom. The van der Waals surface area contributed by atoms with Crippen LogP contribution in [-0.4, -0.2) is 35.1 Å². The molecule has 1 heterocycles. The first-order chi connectivity index (χ1) is 9.62. The van der Waals surface area contributed by atoms with E-state index in [0.717, 1.165) is 32.4 Å². The second-order valence-electron chi connectivity index (χ2n) is 6.89. The fraction of sp³-hybridized carbons (Fsp3) is 0.941. The standard InChI is InChI=1S/C17H31NO2/c1-3-17(4-2)10-12-18(13-11-17)15-9-7-5-6-8-14(15)16(19)20/h14-15H,3-13H2,1-2H3,(H,19,20). The van der Waals surface area contributed by atoms with Gasteiger partial charge in [-0.15, -0.1) is 0 Å². The molecule has 0 aromatic heterocycles. The Labute approximate surface area is 123 Å². The molecular formula is C17H31NO2. The second kappa shape index (κ2) is 6.93. The molecule has 0 radical (unpaired) electrons. The molecular weight excluding hydrogens is 250 g/mol. The van der Waals surface area contributed by atoms with Crippen molar-refractivity contribution in [3.8, 4) is 0 Å². The topological polar surface area (TPSA) is 40.5 Å². The summed E-state index contributed by atoms with van der Waals surface area (Å²) in [7, 11) is 0. The molecule has 1 saturated heterocycles. The summed E-state index contributed by atoms with van der Waals surface area (Å²) in [6.45, 7) is 6.84. The number of hydrogen-bond acceptors (Lipinski definition) is 2. The predicted molar refractivity (Wildman–Crippen MR) is 81.8 cm³/mol. The first-order valence-corrected chi connectivity index (χ1v) is 8.59. The zero-order valence-electron chi connectivity index (χ0n) is 13.2. The van der Waals surface area contributed by atoms with Crippen molar-refractivity contribution in [3.63, 3.8) is 0 Å². The van der Waals surface area contributed by atoms with Gasteiger partial charge in [0.05, 0.1) is 5.92 Å². The van der Waals surface area contributed by atoms with Gasteiger partial charge in [0, 0.05) is 6.04 Å². The van der Waals surface area contributed by atoms with Crippen LogP contribution in [0.3, 0.4) is 0 Å². The van der Waals surface area contributed by atoms with Crippen molar-refractivity contribution in [2.45, 2.75) is 77.7 Å². The summed E-state index contributed by atoms with van der Waals surface area (Å²) in [5.74, 6) is -0.701. The lowest BCUT2D eigenvalue weighted by Gasteiger charge is -2.45. The van der Waals surface area contributed by atoms with E-state index >= 15 is 0 Å². The van der Waals surface area contributed by atoms with Gasteiger partial charge in [0.1, 0.15) is 0 Å². The Hall–Kier alpha value is -0.570. The van der Waals surface area contributed by atoms with Gasteiger partial charge in [-0.3, -0.25) is 9.69 Å². The molecule has 1 aliphatic carbocycles. The molecule has 0 amide bonds. The summed E-state index contributed by atoms with van der Waals surface area (Å²) in [6.07, 6.45) is 10.5. The smallest absolute Gasteiger partial charge is 0.308 e. The van der Waals surface area contributed by atoms with Crippen molar-refractivity contribution in [2.24, 2.45) is 11.3 Å². The Balaban J connectivity index is 2.01. The van der Waals surface area contributed by atoms with E-state index in [9.17, 15) is 9.90 Å². The van der Waals surface area contributed by atoms with Crippen LogP contribution in [0, 0.1) is 11.3 Å². The lowest BCUT2D eigenvalue weighted by Crippen LogP contribution is -2.49. The normalized spacial score (nSPS) is 31.7. The average Bonchev–Trinajstić information content (AvgIpc) is 2.73. The number of likely N-dealkylation sites (tertiary alicyclic amines) is 1. The van der Waals surface area contributed by atoms with Crippen LogP contribution in [0.2, 0.25) is 0 Å².